The Morgan fingerprint density at radius 1 is 1.39 bits per heavy atom. The fourth-order valence-electron chi connectivity index (χ4n) is 2.41. The maximum Gasteiger partial charge on any atom is 0.239 e. The molecule has 1 aliphatic heterocycles. The number of piperidine rings is 1. The van der Waals surface area contributed by atoms with Crippen molar-refractivity contribution in [2.24, 2.45) is 11.8 Å². The standard InChI is InChI=1S/C14H26N2O2/c1-11-5-6-15-13(9-11)14(17)16(2)7-8-18-10-12-3-4-12/h11-13,15H,3-10H2,1-2H3. The van der Waals surface area contributed by atoms with Gasteiger partial charge < -0.3 is 15.0 Å². The molecule has 4 heteroatoms. The molecule has 2 atom stereocenters. The summed E-state index contributed by atoms with van der Waals surface area (Å²) < 4.78 is 5.57. The Bertz CT molecular complexity index is 279. The molecule has 4 nitrogen and oxygen atoms in total. The molecule has 0 spiro atoms. The summed E-state index contributed by atoms with van der Waals surface area (Å²) in [5.41, 5.74) is 0. The Kier molecular flexibility index (Phi) is 5.01. The molecule has 2 aliphatic rings. The van der Waals surface area contributed by atoms with E-state index in [0.29, 0.717) is 19.1 Å². The number of amides is 1. The normalized spacial score (nSPS) is 28.1. The van der Waals surface area contributed by atoms with E-state index in [9.17, 15) is 4.79 Å². The minimum absolute atomic E-state index is 0.0159. The van der Waals surface area contributed by atoms with Gasteiger partial charge in [-0.2, -0.15) is 0 Å². The van der Waals surface area contributed by atoms with Gasteiger partial charge in [0, 0.05) is 20.2 Å². The molecular formula is C14H26N2O2. The van der Waals surface area contributed by atoms with Crippen molar-refractivity contribution in [3.63, 3.8) is 0 Å². The lowest BCUT2D eigenvalue weighted by Crippen LogP contribution is -2.49. The van der Waals surface area contributed by atoms with Gasteiger partial charge in [-0.3, -0.25) is 4.79 Å². The first-order valence-corrected chi connectivity index (χ1v) is 7.23. The van der Waals surface area contributed by atoms with Crippen molar-refractivity contribution in [1.29, 1.82) is 0 Å². The first kappa shape index (κ1) is 13.8. The minimum Gasteiger partial charge on any atom is -0.379 e. The number of hydrogen-bond donors (Lipinski definition) is 1. The lowest BCUT2D eigenvalue weighted by molar-refractivity contribution is -0.133. The maximum atomic E-state index is 12.2. The van der Waals surface area contributed by atoms with E-state index in [2.05, 4.69) is 12.2 Å². The predicted molar refractivity (Wildman–Crippen MR) is 71.4 cm³/mol. The van der Waals surface area contributed by atoms with Crippen molar-refractivity contribution in [3.8, 4) is 0 Å². The third-order valence-electron chi connectivity index (χ3n) is 3.96. The van der Waals surface area contributed by atoms with E-state index in [-0.39, 0.29) is 11.9 Å². The Balaban J connectivity index is 1.63. The molecule has 1 saturated carbocycles. The summed E-state index contributed by atoms with van der Waals surface area (Å²) in [7, 11) is 1.88. The van der Waals surface area contributed by atoms with Crippen LogP contribution >= 0.6 is 0 Å². The van der Waals surface area contributed by atoms with Crippen LogP contribution in [0.1, 0.15) is 32.6 Å². The van der Waals surface area contributed by atoms with Gasteiger partial charge in [0.05, 0.1) is 12.6 Å². The summed E-state index contributed by atoms with van der Waals surface area (Å²) in [4.78, 5) is 14.0. The number of carbonyl (C=O) groups excluding carboxylic acids is 1. The van der Waals surface area contributed by atoms with Crippen LogP contribution in [0.5, 0.6) is 0 Å². The SMILES string of the molecule is CC1CCNC(C(=O)N(C)CCOCC2CC2)C1. The molecule has 18 heavy (non-hydrogen) atoms. The summed E-state index contributed by atoms with van der Waals surface area (Å²) in [6.07, 6.45) is 4.78. The number of nitrogens with one attached hydrogen (secondary N) is 1. The van der Waals surface area contributed by atoms with E-state index in [1.807, 2.05) is 11.9 Å². The molecule has 0 aromatic rings. The number of hydrogen-bond acceptors (Lipinski definition) is 3. The molecule has 0 aromatic carbocycles. The van der Waals surface area contributed by atoms with Gasteiger partial charge in [0.15, 0.2) is 0 Å². The lowest BCUT2D eigenvalue weighted by Gasteiger charge is -2.30. The summed E-state index contributed by atoms with van der Waals surface area (Å²) in [5, 5.41) is 3.32. The predicted octanol–water partition coefficient (Wildman–Crippen LogP) is 1.26. The molecule has 1 N–H and O–H groups in total. The third kappa shape index (κ3) is 4.25. The van der Waals surface area contributed by atoms with Crippen LogP contribution < -0.4 is 5.32 Å². The van der Waals surface area contributed by atoms with Crippen LogP contribution in [0.2, 0.25) is 0 Å². The Morgan fingerprint density at radius 3 is 2.83 bits per heavy atom. The van der Waals surface area contributed by atoms with Crippen LogP contribution in [0, 0.1) is 11.8 Å². The Morgan fingerprint density at radius 2 is 2.17 bits per heavy atom. The minimum atomic E-state index is 0.0159. The van der Waals surface area contributed by atoms with Gasteiger partial charge >= 0.3 is 0 Å². The van der Waals surface area contributed by atoms with Gasteiger partial charge in [0.1, 0.15) is 0 Å². The number of ether oxygens (including phenoxy) is 1. The van der Waals surface area contributed by atoms with Crippen molar-refractivity contribution in [2.45, 2.75) is 38.6 Å². The summed E-state index contributed by atoms with van der Waals surface area (Å²) in [6.45, 7) is 5.43. The molecule has 0 radical (unpaired) electrons. The fraction of sp³-hybridized carbons (Fsp3) is 0.929. The first-order chi connectivity index (χ1) is 8.66. The van der Waals surface area contributed by atoms with Gasteiger partial charge in [-0.25, -0.2) is 0 Å². The molecule has 1 aliphatic carbocycles. The van der Waals surface area contributed by atoms with Crippen LogP contribution in [0.25, 0.3) is 0 Å². The number of rotatable bonds is 6. The number of likely N-dealkylation sites (N-methyl/N-ethyl adjacent to an activating group) is 1. The van der Waals surface area contributed by atoms with E-state index in [0.717, 1.165) is 25.5 Å². The van der Waals surface area contributed by atoms with Gasteiger partial charge in [-0.15, -0.1) is 0 Å². The summed E-state index contributed by atoms with van der Waals surface area (Å²) in [6, 6.07) is 0.0159. The van der Waals surface area contributed by atoms with Crippen LogP contribution in [0.4, 0.5) is 0 Å². The zero-order valence-electron chi connectivity index (χ0n) is 11.7. The second-order valence-electron chi connectivity index (χ2n) is 5.91. The van der Waals surface area contributed by atoms with E-state index in [4.69, 9.17) is 4.74 Å². The molecule has 1 amide bonds. The van der Waals surface area contributed by atoms with E-state index >= 15 is 0 Å². The fourth-order valence-corrected chi connectivity index (χ4v) is 2.41. The summed E-state index contributed by atoms with van der Waals surface area (Å²) >= 11 is 0. The van der Waals surface area contributed by atoms with E-state index in [1.165, 1.54) is 19.3 Å². The van der Waals surface area contributed by atoms with E-state index < -0.39 is 0 Å². The van der Waals surface area contributed by atoms with Crippen LogP contribution in [0.15, 0.2) is 0 Å². The maximum absolute atomic E-state index is 12.2. The van der Waals surface area contributed by atoms with Crippen LogP contribution in [-0.4, -0.2) is 50.2 Å². The smallest absolute Gasteiger partial charge is 0.239 e. The van der Waals surface area contributed by atoms with Crippen molar-refractivity contribution < 1.29 is 9.53 Å². The number of carbonyl (C=O) groups is 1. The average molecular weight is 254 g/mol. The molecule has 0 aromatic heterocycles. The topological polar surface area (TPSA) is 41.6 Å². The molecule has 1 saturated heterocycles. The van der Waals surface area contributed by atoms with Crippen LogP contribution in [0.3, 0.4) is 0 Å². The second kappa shape index (κ2) is 6.53. The Hall–Kier alpha value is -0.610. The highest BCUT2D eigenvalue weighted by molar-refractivity contribution is 5.81. The Labute approximate surface area is 110 Å². The molecule has 2 rings (SSSR count). The van der Waals surface area contributed by atoms with Gasteiger partial charge in [-0.1, -0.05) is 6.92 Å². The highest BCUT2D eigenvalue weighted by atomic mass is 16.5. The van der Waals surface area contributed by atoms with Crippen molar-refractivity contribution in [1.82, 2.24) is 10.2 Å². The molecule has 2 unspecified atom stereocenters. The molecule has 0 bridgehead atoms. The summed E-state index contributed by atoms with van der Waals surface area (Å²) in [5.74, 6) is 1.67. The molecule has 1 heterocycles. The molecular weight excluding hydrogens is 228 g/mol. The monoisotopic (exact) mass is 254 g/mol. The average Bonchev–Trinajstić information content (AvgIpc) is 3.17. The zero-order valence-corrected chi connectivity index (χ0v) is 11.7. The highest BCUT2D eigenvalue weighted by Gasteiger charge is 2.27. The largest absolute Gasteiger partial charge is 0.379 e. The highest BCUT2D eigenvalue weighted by Crippen LogP contribution is 2.28. The van der Waals surface area contributed by atoms with Crippen molar-refractivity contribution in [2.75, 3.05) is 33.4 Å². The van der Waals surface area contributed by atoms with Gasteiger partial charge in [0.2, 0.25) is 5.91 Å². The number of nitrogens with zero attached hydrogens (tertiary/aromatic N) is 1. The second-order valence-corrected chi connectivity index (χ2v) is 5.91. The molecule has 104 valence electrons. The van der Waals surface area contributed by atoms with Gasteiger partial charge in [0.25, 0.3) is 0 Å². The zero-order chi connectivity index (χ0) is 13.0. The molecule has 2 fully saturated rings. The first-order valence-electron chi connectivity index (χ1n) is 7.23. The quantitative estimate of drug-likeness (QED) is 0.726. The van der Waals surface area contributed by atoms with Crippen molar-refractivity contribution in [3.05, 3.63) is 0 Å². The lowest BCUT2D eigenvalue weighted by atomic mass is 9.93. The van der Waals surface area contributed by atoms with E-state index in [1.54, 1.807) is 0 Å². The van der Waals surface area contributed by atoms with Crippen molar-refractivity contribution >= 4 is 5.91 Å². The third-order valence-corrected chi connectivity index (χ3v) is 3.96. The van der Waals surface area contributed by atoms with Crippen LogP contribution in [-0.2, 0) is 9.53 Å². The van der Waals surface area contributed by atoms with Gasteiger partial charge in [-0.05, 0) is 44.1 Å².